The molecule has 4 nitrogen and oxygen atoms in total. The van der Waals surface area contributed by atoms with Gasteiger partial charge in [-0.15, -0.1) is 11.3 Å². The summed E-state index contributed by atoms with van der Waals surface area (Å²) >= 11 is 3.06. The molecule has 0 saturated heterocycles. The van der Waals surface area contributed by atoms with Crippen LogP contribution in [0.25, 0.3) is 0 Å². The van der Waals surface area contributed by atoms with Gasteiger partial charge in [0.25, 0.3) is 0 Å². The van der Waals surface area contributed by atoms with Crippen LogP contribution in [0.15, 0.2) is 41.8 Å². The highest BCUT2D eigenvalue weighted by Crippen LogP contribution is 2.20. The van der Waals surface area contributed by atoms with Crippen molar-refractivity contribution in [3.63, 3.8) is 0 Å². The Bertz CT molecular complexity index is 577. The molecule has 0 radical (unpaired) electrons. The Kier molecular flexibility index (Phi) is 4.54. The molecule has 2 aromatic rings. The Morgan fingerprint density at radius 3 is 2.42 bits per heavy atom. The van der Waals surface area contributed by atoms with Crippen molar-refractivity contribution in [3.05, 3.63) is 52.2 Å². The van der Waals surface area contributed by atoms with Gasteiger partial charge >= 0.3 is 5.97 Å². The van der Waals surface area contributed by atoms with Crippen molar-refractivity contribution in [1.82, 2.24) is 0 Å². The molecule has 0 aliphatic heterocycles. The van der Waals surface area contributed by atoms with E-state index in [4.69, 9.17) is 9.84 Å². The maximum absolute atomic E-state index is 12.0. The first kappa shape index (κ1) is 14.0. The molecule has 98 valence electrons. The Balaban J connectivity index is 2.10. The number of thiophene rings is 1. The highest BCUT2D eigenvalue weighted by molar-refractivity contribution is 14.1. The number of benzene rings is 1. The van der Waals surface area contributed by atoms with E-state index in [1.54, 1.807) is 52.9 Å². The number of ether oxygens (including phenoxy) is 1. The van der Waals surface area contributed by atoms with Crippen LogP contribution in [0, 0.1) is 0 Å². The van der Waals surface area contributed by atoms with Crippen LogP contribution < -0.4 is 4.74 Å². The lowest BCUT2D eigenvalue weighted by molar-refractivity contribution is -0.140. The number of ketones is 1. The number of hydrogen-bond donors (Lipinski definition) is 1. The van der Waals surface area contributed by atoms with Crippen LogP contribution in [-0.2, 0) is 4.79 Å². The number of aliphatic carboxylic acids is 1. The fraction of sp³-hybridized carbons (Fsp3) is 0.0769. The Labute approximate surface area is 127 Å². The summed E-state index contributed by atoms with van der Waals surface area (Å²) in [6.07, 6.45) is 0. The van der Waals surface area contributed by atoms with Crippen LogP contribution in [0.5, 0.6) is 5.75 Å². The predicted molar refractivity (Wildman–Crippen MR) is 80.3 cm³/mol. The van der Waals surface area contributed by atoms with Gasteiger partial charge in [0.15, 0.2) is 0 Å². The minimum absolute atomic E-state index is 0.0502. The molecule has 0 spiro atoms. The molecule has 2 rings (SSSR count). The second kappa shape index (κ2) is 6.16. The number of carboxylic acid groups (broad SMARTS) is 1. The van der Waals surface area contributed by atoms with Crippen LogP contribution in [0.2, 0.25) is 0 Å². The first-order valence-corrected chi connectivity index (χ1v) is 7.42. The molecule has 6 heteroatoms. The number of hydrogen-bond acceptors (Lipinski definition) is 4. The van der Waals surface area contributed by atoms with E-state index < -0.39 is 10.1 Å². The van der Waals surface area contributed by atoms with Crippen molar-refractivity contribution < 1.29 is 19.4 Å². The molecule has 0 aliphatic rings. The molecular weight excluding hydrogens is 379 g/mol. The van der Waals surface area contributed by atoms with Crippen molar-refractivity contribution in [3.8, 4) is 5.75 Å². The highest BCUT2D eigenvalue weighted by atomic mass is 127. The van der Waals surface area contributed by atoms with Gasteiger partial charge in [0.1, 0.15) is 5.75 Å². The summed E-state index contributed by atoms with van der Waals surface area (Å²) in [5.74, 6) is -0.672. The molecule has 1 N–H and O–H groups in total. The van der Waals surface area contributed by atoms with Gasteiger partial charge < -0.3 is 9.84 Å². The molecule has 1 aromatic heterocycles. The van der Waals surface area contributed by atoms with Crippen LogP contribution in [0.1, 0.15) is 15.2 Å². The molecule has 0 bridgehead atoms. The summed E-state index contributed by atoms with van der Waals surface area (Å²) in [6.45, 7) is 0. The minimum atomic E-state index is -1.04. The van der Waals surface area contributed by atoms with E-state index in [0.717, 1.165) is 0 Å². The first-order chi connectivity index (χ1) is 9.08. The standard InChI is InChI=1S/C13H9IO4S/c14-12(13(16)17)18-9-5-3-8(4-6-9)11(15)10-2-1-7-19-10/h1-7,12H,(H,16,17). The first-order valence-electron chi connectivity index (χ1n) is 5.30. The molecule has 1 atom stereocenters. The fourth-order valence-electron chi connectivity index (χ4n) is 1.40. The van der Waals surface area contributed by atoms with Crippen molar-refractivity contribution in [2.45, 2.75) is 4.11 Å². The van der Waals surface area contributed by atoms with Crippen molar-refractivity contribution >= 4 is 45.7 Å². The average Bonchev–Trinajstić information content (AvgIpc) is 2.92. The zero-order valence-electron chi connectivity index (χ0n) is 9.58. The maximum atomic E-state index is 12.0. The van der Waals surface area contributed by atoms with E-state index in [2.05, 4.69) is 0 Å². The van der Waals surface area contributed by atoms with E-state index in [-0.39, 0.29) is 5.78 Å². The van der Waals surface area contributed by atoms with Gasteiger partial charge in [-0.1, -0.05) is 6.07 Å². The minimum Gasteiger partial charge on any atom is -0.478 e. The molecule has 1 aromatic carbocycles. The molecule has 0 saturated carbocycles. The lowest BCUT2D eigenvalue weighted by Crippen LogP contribution is -2.19. The number of alkyl halides is 1. The Hall–Kier alpha value is -1.41. The number of rotatable bonds is 5. The SMILES string of the molecule is O=C(c1ccc(OC(I)C(=O)O)cc1)c1cccs1. The average molecular weight is 388 g/mol. The maximum Gasteiger partial charge on any atom is 0.355 e. The summed E-state index contributed by atoms with van der Waals surface area (Å²) in [6, 6.07) is 10.0. The Morgan fingerprint density at radius 1 is 1.21 bits per heavy atom. The van der Waals surface area contributed by atoms with Crippen LogP contribution in [0.3, 0.4) is 0 Å². The third-order valence-electron chi connectivity index (χ3n) is 2.30. The summed E-state index contributed by atoms with van der Waals surface area (Å²) < 4.78 is 4.23. The summed E-state index contributed by atoms with van der Waals surface area (Å²) in [5.41, 5.74) is 0.551. The van der Waals surface area contributed by atoms with Crippen LogP contribution >= 0.6 is 33.9 Å². The lowest BCUT2D eigenvalue weighted by atomic mass is 10.1. The molecule has 1 heterocycles. The van der Waals surface area contributed by atoms with Gasteiger partial charge in [-0.05, 0) is 58.3 Å². The number of carbonyl (C=O) groups is 2. The normalized spacial score (nSPS) is 11.8. The number of carboxylic acids is 1. The Morgan fingerprint density at radius 2 is 1.89 bits per heavy atom. The van der Waals surface area contributed by atoms with Gasteiger partial charge in [0, 0.05) is 5.56 Å². The number of carbonyl (C=O) groups excluding carboxylic acids is 1. The molecule has 0 amide bonds. The topological polar surface area (TPSA) is 63.6 Å². The monoisotopic (exact) mass is 388 g/mol. The van der Waals surface area contributed by atoms with Gasteiger partial charge in [-0.25, -0.2) is 4.79 Å². The van der Waals surface area contributed by atoms with Gasteiger partial charge in [-0.2, -0.15) is 0 Å². The summed E-state index contributed by atoms with van der Waals surface area (Å²) in [4.78, 5) is 23.3. The van der Waals surface area contributed by atoms with Crippen LogP contribution in [0.4, 0.5) is 0 Å². The fourth-order valence-corrected chi connectivity index (χ4v) is 2.38. The summed E-state index contributed by atoms with van der Waals surface area (Å²) in [7, 11) is 0. The quantitative estimate of drug-likeness (QED) is 0.486. The zero-order chi connectivity index (χ0) is 13.8. The lowest BCUT2D eigenvalue weighted by Gasteiger charge is -2.09. The third-order valence-corrected chi connectivity index (χ3v) is 3.95. The van der Waals surface area contributed by atoms with E-state index in [9.17, 15) is 9.59 Å². The van der Waals surface area contributed by atoms with Crippen molar-refractivity contribution in [2.24, 2.45) is 0 Å². The molecular formula is C13H9IO4S. The number of halogens is 1. The molecule has 0 aliphatic carbocycles. The van der Waals surface area contributed by atoms with E-state index >= 15 is 0 Å². The van der Waals surface area contributed by atoms with Gasteiger partial charge in [0.2, 0.25) is 9.89 Å². The van der Waals surface area contributed by atoms with Crippen LogP contribution in [-0.4, -0.2) is 21.0 Å². The molecule has 1 unspecified atom stereocenters. The zero-order valence-corrected chi connectivity index (χ0v) is 12.6. The summed E-state index contributed by atoms with van der Waals surface area (Å²) in [5, 5.41) is 10.6. The molecule has 0 fully saturated rings. The third kappa shape index (κ3) is 3.54. The smallest absolute Gasteiger partial charge is 0.355 e. The van der Waals surface area contributed by atoms with Crippen molar-refractivity contribution in [2.75, 3.05) is 0 Å². The second-order valence-corrected chi connectivity index (χ2v) is 5.68. The van der Waals surface area contributed by atoms with Gasteiger partial charge in [0.05, 0.1) is 4.88 Å². The van der Waals surface area contributed by atoms with Crippen molar-refractivity contribution in [1.29, 1.82) is 0 Å². The second-order valence-electron chi connectivity index (χ2n) is 3.60. The molecule has 19 heavy (non-hydrogen) atoms. The highest BCUT2D eigenvalue weighted by Gasteiger charge is 2.15. The van der Waals surface area contributed by atoms with Gasteiger partial charge in [-0.3, -0.25) is 4.79 Å². The van der Waals surface area contributed by atoms with E-state index in [1.165, 1.54) is 11.3 Å². The van der Waals surface area contributed by atoms with E-state index in [1.807, 2.05) is 11.4 Å². The predicted octanol–water partition coefficient (Wildman–Crippen LogP) is 3.20. The largest absolute Gasteiger partial charge is 0.478 e. The van der Waals surface area contributed by atoms with E-state index in [0.29, 0.717) is 16.2 Å².